The average Bonchev–Trinajstić information content (AvgIpc) is 2.71. The molecule has 5 nitrogen and oxygen atoms in total. The predicted octanol–water partition coefficient (Wildman–Crippen LogP) is 5.72. The van der Waals surface area contributed by atoms with Gasteiger partial charge in [-0.2, -0.15) is 0 Å². The highest BCUT2D eigenvalue weighted by Gasteiger charge is 2.46. The first-order valence-electron chi connectivity index (χ1n) is 9.80. The number of rotatable bonds is 4. The molecule has 2 fully saturated rings. The van der Waals surface area contributed by atoms with E-state index in [9.17, 15) is 9.59 Å². The third-order valence-corrected chi connectivity index (χ3v) is 5.82. The van der Waals surface area contributed by atoms with Crippen molar-refractivity contribution in [3.05, 3.63) is 69.2 Å². The molecule has 7 heteroatoms. The highest BCUT2D eigenvalue weighted by atomic mass is 35.5. The van der Waals surface area contributed by atoms with E-state index in [1.54, 1.807) is 42.5 Å². The topological polar surface area (TPSA) is 61.8 Å². The van der Waals surface area contributed by atoms with Crippen LogP contribution in [0.2, 0.25) is 10.0 Å². The summed E-state index contributed by atoms with van der Waals surface area (Å²) in [5, 5.41) is 1.04. The largest absolute Gasteiger partial charge is 0.488 e. The Hall–Kier alpha value is -2.50. The van der Waals surface area contributed by atoms with Gasteiger partial charge in [-0.15, -0.1) is 0 Å². The molecule has 2 aliphatic rings. The van der Waals surface area contributed by atoms with E-state index in [-0.39, 0.29) is 12.2 Å². The normalized spacial score (nSPS) is 18.0. The lowest BCUT2D eigenvalue weighted by Gasteiger charge is -2.38. The van der Waals surface area contributed by atoms with Crippen molar-refractivity contribution in [1.29, 1.82) is 0 Å². The van der Waals surface area contributed by atoms with Crippen LogP contribution < -0.4 is 4.74 Å². The van der Waals surface area contributed by atoms with Gasteiger partial charge in [0.25, 0.3) is 5.79 Å². The number of hydrogen-bond donors (Lipinski definition) is 0. The zero-order valence-electron chi connectivity index (χ0n) is 16.2. The van der Waals surface area contributed by atoms with Crippen molar-refractivity contribution in [3.8, 4) is 5.75 Å². The zero-order chi connectivity index (χ0) is 21.1. The van der Waals surface area contributed by atoms with Crippen LogP contribution in [0.3, 0.4) is 0 Å². The highest BCUT2D eigenvalue weighted by molar-refractivity contribution is 6.35. The van der Waals surface area contributed by atoms with E-state index < -0.39 is 17.7 Å². The number of carbonyl (C=O) groups excluding carboxylic acids is 2. The smallest absolute Gasteiger partial charge is 0.348 e. The molecular weight excluding hydrogens is 427 g/mol. The Kier molecular flexibility index (Phi) is 6.02. The molecule has 156 valence electrons. The minimum absolute atomic E-state index is 0.147. The summed E-state index contributed by atoms with van der Waals surface area (Å²) in [7, 11) is 0. The summed E-state index contributed by atoms with van der Waals surface area (Å²) in [4.78, 5) is 25.2. The molecule has 0 bridgehead atoms. The maximum Gasteiger partial charge on any atom is 0.348 e. The van der Waals surface area contributed by atoms with Gasteiger partial charge >= 0.3 is 11.9 Å². The standard InChI is InChI=1S/C23H20Cl2O5/c24-17-9-8-16(19(25)13-17)14-28-20-7-3-2-6-15(20)12-18-21(26)29-23(30-22(18)27)10-4-1-5-11-23/h2-3,6-9,12-13H,1,4-5,10-11,14H2. The summed E-state index contributed by atoms with van der Waals surface area (Å²) in [6.45, 7) is 0.203. The number of carbonyl (C=O) groups is 2. The van der Waals surface area contributed by atoms with E-state index >= 15 is 0 Å². The summed E-state index contributed by atoms with van der Waals surface area (Å²) in [5.74, 6) is -1.94. The molecule has 4 rings (SSSR count). The molecule has 1 saturated carbocycles. The quantitative estimate of drug-likeness (QED) is 0.341. The predicted molar refractivity (Wildman–Crippen MR) is 113 cm³/mol. The highest BCUT2D eigenvalue weighted by Crippen LogP contribution is 2.37. The van der Waals surface area contributed by atoms with Gasteiger partial charge in [0.2, 0.25) is 0 Å². The van der Waals surface area contributed by atoms with E-state index in [1.165, 1.54) is 6.08 Å². The SMILES string of the molecule is O=C1OC2(CCCCC2)OC(=O)C1=Cc1ccccc1OCc1ccc(Cl)cc1Cl. The first-order chi connectivity index (χ1) is 14.5. The monoisotopic (exact) mass is 446 g/mol. The van der Waals surface area contributed by atoms with Gasteiger partial charge < -0.3 is 14.2 Å². The fourth-order valence-electron chi connectivity index (χ4n) is 3.65. The van der Waals surface area contributed by atoms with Crippen molar-refractivity contribution in [2.45, 2.75) is 44.5 Å². The molecule has 2 aromatic carbocycles. The summed E-state index contributed by atoms with van der Waals surface area (Å²) in [5.41, 5.74) is 1.18. The van der Waals surface area contributed by atoms with E-state index in [2.05, 4.69) is 0 Å². The lowest BCUT2D eigenvalue weighted by Crippen LogP contribution is -2.47. The average molecular weight is 447 g/mol. The minimum atomic E-state index is -1.11. The summed E-state index contributed by atoms with van der Waals surface area (Å²) >= 11 is 12.1. The second kappa shape index (κ2) is 8.70. The number of benzene rings is 2. The molecule has 30 heavy (non-hydrogen) atoms. The van der Waals surface area contributed by atoms with Crippen LogP contribution in [0.25, 0.3) is 6.08 Å². The van der Waals surface area contributed by atoms with E-state index in [0.29, 0.717) is 34.2 Å². The van der Waals surface area contributed by atoms with Crippen LogP contribution in [0.4, 0.5) is 0 Å². The molecule has 1 aliphatic carbocycles. The van der Waals surface area contributed by atoms with Gasteiger partial charge in [-0.05, 0) is 37.1 Å². The maximum absolute atomic E-state index is 12.6. The zero-order valence-corrected chi connectivity index (χ0v) is 17.7. The van der Waals surface area contributed by atoms with Crippen molar-refractivity contribution in [1.82, 2.24) is 0 Å². The Morgan fingerprint density at radius 1 is 0.967 bits per heavy atom. The van der Waals surface area contributed by atoms with E-state index in [4.69, 9.17) is 37.4 Å². The number of para-hydroxylation sites is 1. The number of hydrogen-bond acceptors (Lipinski definition) is 5. The van der Waals surface area contributed by atoms with Crippen LogP contribution in [0.15, 0.2) is 48.0 Å². The third kappa shape index (κ3) is 4.47. The van der Waals surface area contributed by atoms with Gasteiger partial charge in [-0.25, -0.2) is 9.59 Å². The molecule has 1 saturated heterocycles. The van der Waals surface area contributed by atoms with Crippen molar-refractivity contribution in [2.24, 2.45) is 0 Å². The van der Waals surface area contributed by atoms with Crippen molar-refractivity contribution >= 4 is 41.2 Å². The number of esters is 2. The van der Waals surface area contributed by atoms with Crippen molar-refractivity contribution in [3.63, 3.8) is 0 Å². The molecule has 1 spiro atoms. The Balaban J connectivity index is 1.54. The molecule has 0 amide bonds. The maximum atomic E-state index is 12.6. The third-order valence-electron chi connectivity index (χ3n) is 5.23. The lowest BCUT2D eigenvalue weighted by molar-refractivity contribution is -0.244. The Bertz CT molecular complexity index is 986. The first kappa shape index (κ1) is 20.8. The second-order valence-electron chi connectivity index (χ2n) is 7.37. The number of halogens is 2. The van der Waals surface area contributed by atoms with Crippen LogP contribution >= 0.6 is 23.2 Å². The molecule has 1 aliphatic heterocycles. The van der Waals surface area contributed by atoms with Crippen LogP contribution in [0.1, 0.15) is 43.2 Å². The van der Waals surface area contributed by atoms with Crippen LogP contribution in [0, 0.1) is 0 Å². The Morgan fingerprint density at radius 3 is 2.37 bits per heavy atom. The molecule has 0 N–H and O–H groups in total. The Labute approximate surface area is 184 Å². The van der Waals surface area contributed by atoms with Crippen molar-refractivity contribution in [2.75, 3.05) is 0 Å². The van der Waals surface area contributed by atoms with Gasteiger partial charge in [0, 0.05) is 34.0 Å². The minimum Gasteiger partial charge on any atom is -0.488 e. The fourth-order valence-corrected chi connectivity index (χ4v) is 4.11. The second-order valence-corrected chi connectivity index (χ2v) is 8.21. The molecule has 0 atom stereocenters. The van der Waals surface area contributed by atoms with E-state index in [0.717, 1.165) is 24.8 Å². The summed E-state index contributed by atoms with van der Waals surface area (Å²) in [6.07, 6.45) is 5.30. The molecule has 0 unspecified atom stereocenters. The van der Waals surface area contributed by atoms with Crippen LogP contribution in [-0.4, -0.2) is 17.7 Å². The molecule has 1 heterocycles. The molecule has 0 aromatic heterocycles. The van der Waals surface area contributed by atoms with E-state index in [1.807, 2.05) is 0 Å². The van der Waals surface area contributed by atoms with Gasteiger partial charge in [0.05, 0.1) is 0 Å². The summed E-state index contributed by atoms with van der Waals surface area (Å²) in [6, 6.07) is 12.2. The first-order valence-corrected chi connectivity index (χ1v) is 10.6. The summed E-state index contributed by atoms with van der Waals surface area (Å²) < 4.78 is 17.0. The van der Waals surface area contributed by atoms with Gasteiger partial charge in [0.1, 0.15) is 17.9 Å². The fraction of sp³-hybridized carbons (Fsp3) is 0.304. The van der Waals surface area contributed by atoms with Gasteiger partial charge in [0.15, 0.2) is 0 Å². The molecule has 2 aromatic rings. The molecule has 0 radical (unpaired) electrons. The molecular formula is C23H20Cl2O5. The van der Waals surface area contributed by atoms with Crippen LogP contribution in [0.5, 0.6) is 5.75 Å². The lowest BCUT2D eigenvalue weighted by atomic mass is 9.93. The van der Waals surface area contributed by atoms with Crippen molar-refractivity contribution < 1.29 is 23.8 Å². The van der Waals surface area contributed by atoms with Gasteiger partial charge in [-0.1, -0.05) is 53.9 Å². The van der Waals surface area contributed by atoms with Gasteiger partial charge in [-0.3, -0.25) is 0 Å². The number of ether oxygens (including phenoxy) is 3. The van der Waals surface area contributed by atoms with Crippen LogP contribution in [-0.2, 0) is 25.7 Å². The Morgan fingerprint density at radius 2 is 1.67 bits per heavy atom.